The Morgan fingerprint density at radius 1 is 0.680 bits per heavy atom. The zero-order valence-corrected chi connectivity index (χ0v) is 16.6. The van der Waals surface area contributed by atoms with Crippen molar-refractivity contribution in [3.05, 3.63) is 12.2 Å². The molecule has 0 bridgehead atoms. The lowest BCUT2D eigenvalue weighted by Gasteiger charge is -2.01. The maximum atomic E-state index is 10.7. The number of carbonyl (C=O) groups is 1. The molecule has 0 saturated heterocycles. The highest BCUT2D eigenvalue weighted by Crippen LogP contribution is 2.12. The van der Waals surface area contributed by atoms with Gasteiger partial charge >= 0.3 is 5.97 Å². The van der Waals surface area contributed by atoms with Crippen molar-refractivity contribution in [3.63, 3.8) is 0 Å². The third-order valence-electron chi connectivity index (χ3n) is 4.74. The highest BCUT2D eigenvalue weighted by molar-refractivity contribution is 5.68. The molecule has 0 atom stereocenters. The van der Waals surface area contributed by atoms with E-state index in [2.05, 4.69) is 24.0 Å². The van der Waals surface area contributed by atoms with E-state index in [1.807, 2.05) is 0 Å². The maximum absolute atomic E-state index is 10.7. The van der Waals surface area contributed by atoms with E-state index in [4.69, 9.17) is 5.26 Å². The first kappa shape index (κ1) is 24.2. The van der Waals surface area contributed by atoms with Crippen LogP contribution in [0.25, 0.3) is 0 Å². The number of hydrogen-bond donors (Lipinski definition) is 1. The van der Waals surface area contributed by atoms with Crippen molar-refractivity contribution in [1.82, 2.24) is 0 Å². The van der Waals surface area contributed by atoms with Crippen LogP contribution in [-0.2, 0) is 9.68 Å². The molecule has 0 aromatic rings. The van der Waals surface area contributed by atoms with E-state index in [1.165, 1.54) is 96.3 Å². The fourth-order valence-electron chi connectivity index (χ4n) is 3.09. The molecule has 0 aromatic heterocycles. The van der Waals surface area contributed by atoms with Gasteiger partial charge in [-0.1, -0.05) is 96.1 Å². The lowest BCUT2D eigenvalue weighted by atomic mass is 10.1. The molecule has 0 aliphatic rings. The number of rotatable bonds is 19. The van der Waals surface area contributed by atoms with Crippen molar-refractivity contribution in [3.8, 4) is 0 Å². The molecule has 0 radical (unpaired) electrons. The van der Waals surface area contributed by atoms with Gasteiger partial charge in [0.15, 0.2) is 0 Å². The van der Waals surface area contributed by atoms with Crippen LogP contribution in [0.15, 0.2) is 12.2 Å². The van der Waals surface area contributed by atoms with Crippen LogP contribution >= 0.6 is 0 Å². The molecule has 0 rings (SSSR count). The second-order valence-corrected chi connectivity index (χ2v) is 7.21. The summed E-state index contributed by atoms with van der Waals surface area (Å²) >= 11 is 0. The molecule has 0 aliphatic carbocycles. The topological polar surface area (TPSA) is 46.5 Å². The van der Waals surface area contributed by atoms with Crippen LogP contribution in [0.2, 0.25) is 0 Å². The molecule has 1 N–H and O–H groups in total. The van der Waals surface area contributed by atoms with Gasteiger partial charge in [-0.2, -0.15) is 5.26 Å². The average molecular weight is 355 g/mol. The molecule has 0 fully saturated rings. The quantitative estimate of drug-likeness (QED) is 0.112. The SMILES string of the molecule is CCCCCCCC/C=C/CCCCCCCCCCCC(=O)OO. The summed E-state index contributed by atoms with van der Waals surface area (Å²) in [5, 5.41) is 8.13. The minimum atomic E-state index is -0.513. The molecule has 0 unspecified atom stereocenters. The standard InChI is InChI=1S/C22H42O3/c1-2-3-4-5-6-7-8-9-10-11-12-13-14-15-16-17-18-19-20-21-22(23)25-24/h9-10,24H,2-8,11-21H2,1H3/b10-9+. The summed E-state index contributed by atoms with van der Waals surface area (Å²) < 4.78 is 0. The number of allylic oxidation sites excluding steroid dienone is 2. The van der Waals surface area contributed by atoms with Crippen molar-refractivity contribution in [2.24, 2.45) is 0 Å². The van der Waals surface area contributed by atoms with E-state index in [0.717, 1.165) is 12.8 Å². The number of unbranched alkanes of at least 4 members (excludes halogenated alkanes) is 15. The van der Waals surface area contributed by atoms with Gasteiger partial charge in [-0.05, 0) is 32.1 Å². The second-order valence-electron chi connectivity index (χ2n) is 7.21. The van der Waals surface area contributed by atoms with Gasteiger partial charge in [0.2, 0.25) is 0 Å². The van der Waals surface area contributed by atoms with Gasteiger partial charge in [-0.25, -0.2) is 4.79 Å². The molecule has 0 aromatic carbocycles. The Morgan fingerprint density at radius 2 is 1.08 bits per heavy atom. The van der Waals surface area contributed by atoms with E-state index in [0.29, 0.717) is 6.42 Å². The lowest BCUT2D eigenvalue weighted by molar-refractivity contribution is -0.234. The highest BCUT2D eigenvalue weighted by Gasteiger charge is 2.00. The van der Waals surface area contributed by atoms with Crippen LogP contribution < -0.4 is 0 Å². The highest BCUT2D eigenvalue weighted by atomic mass is 17.1. The van der Waals surface area contributed by atoms with Gasteiger partial charge in [0, 0.05) is 6.42 Å². The van der Waals surface area contributed by atoms with E-state index < -0.39 is 5.97 Å². The fourth-order valence-corrected chi connectivity index (χ4v) is 3.09. The van der Waals surface area contributed by atoms with Gasteiger partial charge in [0.25, 0.3) is 0 Å². The van der Waals surface area contributed by atoms with E-state index in [-0.39, 0.29) is 0 Å². The van der Waals surface area contributed by atoms with Crippen molar-refractivity contribution in [1.29, 1.82) is 0 Å². The monoisotopic (exact) mass is 354 g/mol. The molecule has 3 heteroatoms. The molecule has 0 amide bonds. The largest absolute Gasteiger partial charge is 0.342 e. The van der Waals surface area contributed by atoms with E-state index >= 15 is 0 Å². The minimum absolute atomic E-state index is 0.336. The van der Waals surface area contributed by atoms with Crippen molar-refractivity contribution in [2.45, 2.75) is 122 Å². The molecule has 25 heavy (non-hydrogen) atoms. The lowest BCUT2D eigenvalue weighted by Crippen LogP contribution is -1.99. The molecule has 0 saturated carbocycles. The van der Waals surface area contributed by atoms with E-state index in [1.54, 1.807) is 0 Å². The van der Waals surface area contributed by atoms with Crippen molar-refractivity contribution >= 4 is 5.97 Å². The zero-order valence-electron chi connectivity index (χ0n) is 16.6. The molecular formula is C22H42O3. The predicted molar refractivity (Wildman–Crippen MR) is 107 cm³/mol. The molecular weight excluding hydrogens is 312 g/mol. The third-order valence-corrected chi connectivity index (χ3v) is 4.74. The maximum Gasteiger partial charge on any atom is 0.342 e. The Labute approximate surface area is 156 Å². The molecule has 3 nitrogen and oxygen atoms in total. The Bertz CT molecular complexity index is 300. The van der Waals surface area contributed by atoms with Crippen molar-refractivity contribution < 1.29 is 14.9 Å². The first-order chi connectivity index (χ1) is 12.3. The van der Waals surface area contributed by atoms with Crippen LogP contribution in [0.5, 0.6) is 0 Å². The summed E-state index contributed by atoms with van der Waals surface area (Å²) in [6.45, 7) is 2.27. The van der Waals surface area contributed by atoms with Crippen molar-refractivity contribution in [2.75, 3.05) is 0 Å². The second kappa shape index (κ2) is 21.2. The molecule has 0 heterocycles. The van der Waals surface area contributed by atoms with Gasteiger partial charge in [0.1, 0.15) is 0 Å². The smallest absolute Gasteiger partial charge is 0.301 e. The average Bonchev–Trinajstić information content (AvgIpc) is 2.63. The Morgan fingerprint density at radius 3 is 1.52 bits per heavy atom. The summed E-state index contributed by atoms with van der Waals surface area (Å²) in [5.74, 6) is -0.513. The number of hydrogen-bond acceptors (Lipinski definition) is 3. The first-order valence-electron chi connectivity index (χ1n) is 10.8. The summed E-state index contributed by atoms with van der Waals surface area (Å²) in [5.41, 5.74) is 0. The Balaban J connectivity index is 3.08. The van der Waals surface area contributed by atoms with Gasteiger partial charge in [0.05, 0.1) is 0 Å². The molecule has 0 aliphatic heterocycles. The molecule has 0 spiro atoms. The fraction of sp³-hybridized carbons (Fsp3) is 0.864. The minimum Gasteiger partial charge on any atom is -0.301 e. The summed E-state index contributed by atoms with van der Waals surface area (Å²) in [6.07, 6.45) is 26.9. The van der Waals surface area contributed by atoms with Crippen LogP contribution in [-0.4, -0.2) is 11.2 Å². The van der Waals surface area contributed by atoms with Crippen LogP contribution in [0.4, 0.5) is 0 Å². The Hall–Kier alpha value is -0.830. The summed E-state index contributed by atoms with van der Waals surface area (Å²) in [6, 6.07) is 0. The molecule has 148 valence electrons. The number of carbonyl (C=O) groups excluding carboxylic acids is 1. The normalized spacial score (nSPS) is 11.3. The van der Waals surface area contributed by atoms with Gasteiger partial charge in [-0.3, -0.25) is 0 Å². The van der Waals surface area contributed by atoms with Crippen LogP contribution in [0.3, 0.4) is 0 Å². The van der Waals surface area contributed by atoms with Gasteiger partial charge in [-0.15, -0.1) is 0 Å². The van der Waals surface area contributed by atoms with Crippen LogP contribution in [0, 0.1) is 0 Å². The summed E-state index contributed by atoms with van der Waals surface area (Å²) in [7, 11) is 0. The van der Waals surface area contributed by atoms with Gasteiger partial charge < -0.3 is 4.89 Å². The van der Waals surface area contributed by atoms with E-state index in [9.17, 15) is 4.79 Å². The first-order valence-corrected chi connectivity index (χ1v) is 10.8. The predicted octanol–water partition coefficient (Wildman–Crippen LogP) is 7.60. The zero-order chi connectivity index (χ0) is 18.4. The Kier molecular flexibility index (Phi) is 20.5. The van der Waals surface area contributed by atoms with Crippen LogP contribution in [0.1, 0.15) is 122 Å². The third kappa shape index (κ3) is 21.1. The summed E-state index contributed by atoms with van der Waals surface area (Å²) in [4.78, 5) is 14.4.